The molecule has 2 atom stereocenters. The van der Waals surface area contributed by atoms with Crippen LogP contribution in [0.4, 0.5) is 0 Å². The summed E-state index contributed by atoms with van der Waals surface area (Å²) in [6.45, 7) is 4.15. The predicted octanol–water partition coefficient (Wildman–Crippen LogP) is 1.57. The minimum absolute atomic E-state index is 0.0536. The molecule has 0 aliphatic rings. The monoisotopic (exact) mass is 212 g/mol. The van der Waals surface area contributed by atoms with Crippen LogP contribution < -0.4 is 0 Å². The Hall–Kier alpha value is -0.820. The number of ether oxygens (including phenoxy) is 2. The second-order valence-electron chi connectivity index (χ2n) is 3.40. The molecule has 1 N–H and O–H groups in total. The van der Waals surface area contributed by atoms with Crippen LogP contribution in [-0.2, 0) is 9.47 Å². The van der Waals surface area contributed by atoms with Gasteiger partial charge in [0.1, 0.15) is 12.9 Å². The molecule has 0 aromatic carbocycles. The van der Waals surface area contributed by atoms with E-state index < -0.39 is 0 Å². The molecule has 86 valence electrons. The van der Waals surface area contributed by atoms with Gasteiger partial charge in [0.05, 0.1) is 6.61 Å². The standard InChI is InChI=1S/C12H20O3/c1-5-11(7-10(3)8-13)12(6-2)15-9-14-4/h2,7,11-13H,5,8-9H2,1,3-4H3/t11-,12-/m0/s1. The summed E-state index contributed by atoms with van der Waals surface area (Å²) >= 11 is 0. The van der Waals surface area contributed by atoms with Gasteiger partial charge in [-0.25, -0.2) is 0 Å². The number of aliphatic hydroxyl groups excluding tert-OH is 1. The SMILES string of the molecule is C#C[C@H](OCOC)[C@H](C=C(C)CO)CC. The van der Waals surface area contributed by atoms with Crippen LogP contribution in [0.5, 0.6) is 0 Å². The molecule has 0 unspecified atom stereocenters. The molecule has 0 saturated carbocycles. The lowest BCUT2D eigenvalue weighted by Gasteiger charge is -2.19. The minimum Gasteiger partial charge on any atom is -0.392 e. The lowest BCUT2D eigenvalue weighted by Crippen LogP contribution is -2.22. The molecule has 3 nitrogen and oxygen atoms in total. The highest BCUT2D eigenvalue weighted by atomic mass is 16.7. The summed E-state index contributed by atoms with van der Waals surface area (Å²) in [5.74, 6) is 2.71. The fourth-order valence-corrected chi connectivity index (χ4v) is 1.27. The Morgan fingerprint density at radius 3 is 2.67 bits per heavy atom. The van der Waals surface area contributed by atoms with Crippen molar-refractivity contribution in [2.45, 2.75) is 26.4 Å². The van der Waals surface area contributed by atoms with Crippen molar-refractivity contribution in [3.8, 4) is 12.3 Å². The Balaban J connectivity index is 4.41. The van der Waals surface area contributed by atoms with Gasteiger partial charge in [-0.05, 0) is 13.3 Å². The second kappa shape index (κ2) is 8.49. The van der Waals surface area contributed by atoms with E-state index in [0.717, 1.165) is 12.0 Å². The first kappa shape index (κ1) is 14.2. The van der Waals surface area contributed by atoms with Crippen LogP contribution in [0.3, 0.4) is 0 Å². The topological polar surface area (TPSA) is 38.7 Å². The molecule has 0 amide bonds. The summed E-state index contributed by atoms with van der Waals surface area (Å²) in [5.41, 5.74) is 0.906. The van der Waals surface area contributed by atoms with Crippen molar-refractivity contribution in [3.63, 3.8) is 0 Å². The molecule has 0 saturated heterocycles. The first-order valence-electron chi connectivity index (χ1n) is 5.04. The highest BCUT2D eigenvalue weighted by Gasteiger charge is 2.16. The number of rotatable bonds is 7. The number of hydrogen-bond donors (Lipinski definition) is 1. The maximum Gasteiger partial charge on any atom is 0.148 e. The van der Waals surface area contributed by atoms with Gasteiger partial charge in [0.2, 0.25) is 0 Å². The summed E-state index contributed by atoms with van der Waals surface area (Å²) in [6.07, 6.45) is 7.92. The quantitative estimate of drug-likeness (QED) is 0.395. The van der Waals surface area contributed by atoms with E-state index >= 15 is 0 Å². The zero-order valence-corrected chi connectivity index (χ0v) is 9.69. The smallest absolute Gasteiger partial charge is 0.148 e. The summed E-state index contributed by atoms with van der Waals surface area (Å²) in [7, 11) is 1.56. The molecule has 0 heterocycles. The maximum absolute atomic E-state index is 8.92. The molecular formula is C12H20O3. The van der Waals surface area contributed by atoms with E-state index in [1.165, 1.54) is 0 Å². The normalized spacial score (nSPS) is 15.8. The number of hydrogen-bond acceptors (Lipinski definition) is 3. The predicted molar refractivity (Wildman–Crippen MR) is 60.2 cm³/mol. The van der Waals surface area contributed by atoms with E-state index in [1.54, 1.807) is 7.11 Å². The van der Waals surface area contributed by atoms with E-state index in [4.69, 9.17) is 21.0 Å². The average Bonchev–Trinajstić information content (AvgIpc) is 2.27. The van der Waals surface area contributed by atoms with Crippen LogP contribution >= 0.6 is 0 Å². The molecule has 3 heteroatoms. The minimum atomic E-state index is -0.295. The van der Waals surface area contributed by atoms with Crippen molar-refractivity contribution in [2.24, 2.45) is 5.92 Å². The van der Waals surface area contributed by atoms with Crippen LogP contribution in [0.25, 0.3) is 0 Å². The van der Waals surface area contributed by atoms with Gasteiger partial charge in [-0.15, -0.1) is 6.42 Å². The van der Waals surface area contributed by atoms with Crippen LogP contribution in [0.15, 0.2) is 11.6 Å². The van der Waals surface area contributed by atoms with Gasteiger partial charge in [0.25, 0.3) is 0 Å². The Labute approximate surface area is 92.1 Å². The van der Waals surface area contributed by atoms with Crippen molar-refractivity contribution < 1.29 is 14.6 Å². The Bertz CT molecular complexity index is 228. The second-order valence-corrected chi connectivity index (χ2v) is 3.40. The molecule has 0 spiro atoms. The summed E-state index contributed by atoms with van der Waals surface area (Å²) in [4.78, 5) is 0. The van der Waals surface area contributed by atoms with Gasteiger partial charge < -0.3 is 14.6 Å². The van der Waals surface area contributed by atoms with E-state index in [0.29, 0.717) is 0 Å². The molecule has 0 radical (unpaired) electrons. The third kappa shape index (κ3) is 5.58. The molecule has 15 heavy (non-hydrogen) atoms. The van der Waals surface area contributed by atoms with Crippen molar-refractivity contribution >= 4 is 0 Å². The van der Waals surface area contributed by atoms with Gasteiger partial charge in [0.15, 0.2) is 0 Å². The van der Waals surface area contributed by atoms with Crippen LogP contribution in [0, 0.1) is 18.3 Å². The highest BCUT2D eigenvalue weighted by molar-refractivity contribution is 5.09. The zero-order valence-electron chi connectivity index (χ0n) is 9.69. The van der Waals surface area contributed by atoms with Gasteiger partial charge in [-0.3, -0.25) is 0 Å². The average molecular weight is 212 g/mol. The van der Waals surface area contributed by atoms with Crippen LogP contribution in [0.2, 0.25) is 0 Å². The first-order valence-corrected chi connectivity index (χ1v) is 5.04. The molecule has 0 fully saturated rings. The largest absolute Gasteiger partial charge is 0.392 e. The van der Waals surface area contributed by atoms with Crippen LogP contribution in [-0.4, -0.2) is 31.7 Å². The Morgan fingerprint density at radius 1 is 1.60 bits per heavy atom. The molecule has 0 aromatic heterocycles. The van der Waals surface area contributed by atoms with Gasteiger partial charge in [-0.2, -0.15) is 0 Å². The summed E-state index contributed by atoms with van der Waals surface area (Å²) in [5, 5.41) is 8.92. The molecule has 0 aliphatic heterocycles. The zero-order chi connectivity index (χ0) is 11.7. The Kier molecular flexibility index (Phi) is 8.02. The molecule has 0 aromatic rings. The van der Waals surface area contributed by atoms with E-state index in [9.17, 15) is 0 Å². The highest BCUT2D eigenvalue weighted by Crippen LogP contribution is 2.15. The van der Waals surface area contributed by atoms with Crippen LogP contribution in [0.1, 0.15) is 20.3 Å². The van der Waals surface area contributed by atoms with Crippen molar-refractivity contribution in [1.82, 2.24) is 0 Å². The molecule has 0 aliphatic carbocycles. The number of terminal acetylenes is 1. The Morgan fingerprint density at radius 2 is 2.27 bits per heavy atom. The third-order valence-electron chi connectivity index (χ3n) is 2.14. The van der Waals surface area contributed by atoms with Gasteiger partial charge >= 0.3 is 0 Å². The lowest BCUT2D eigenvalue weighted by atomic mass is 9.97. The van der Waals surface area contributed by atoms with Gasteiger partial charge in [0, 0.05) is 13.0 Å². The third-order valence-corrected chi connectivity index (χ3v) is 2.14. The lowest BCUT2D eigenvalue weighted by molar-refractivity contribution is -0.0641. The fourth-order valence-electron chi connectivity index (χ4n) is 1.27. The van der Waals surface area contributed by atoms with Crippen molar-refractivity contribution in [1.29, 1.82) is 0 Å². The number of methoxy groups -OCH3 is 1. The summed E-state index contributed by atoms with van der Waals surface area (Å²) < 4.78 is 10.2. The first-order chi connectivity index (χ1) is 7.19. The van der Waals surface area contributed by atoms with Gasteiger partial charge in [-0.1, -0.05) is 24.5 Å². The molecular weight excluding hydrogens is 192 g/mol. The summed E-state index contributed by atoms with van der Waals surface area (Å²) in [6, 6.07) is 0. The fraction of sp³-hybridized carbons (Fsp3) is 0.667. The number of aliphatic hydroxyl groups is 1. The maximum atomic E-state index is 8.92. The molecule has 0 bridgehead atoms. The van der Waals surface area contributed by atoms with E-state index in [-0.39, 0.29) is 25.4 Å². The van der Waals surface area contributed by atoms with E-state index in [1.807, 2.05) is 19.9 Å². The van der Waals surface area contributed by atoms with E-state index in [2.05, 4.69) is 5.92 Å². The molecule has 0 rings (SSSR count). The van der Waals surface area contributed by atoms with Crippen molar-refractivity contribution in [2.75, 3.05) is 20.5 Å². The van der Waals surface area contributed by atoms with Crippen molar-refractivity contribution in [3.05, 3.63) is 11.6 Å².